The summed E-state index contributed by atoms with van der Waals surface area (Å²) in [5.41, 5.74) is 2.08. The molecule has 1 fully saturated rings. The van der Waals surface area contributed by atoms with E-state index in [0.29, 0.717) is 58.7 Å². The van der Waals surface area contributed by atoms with Crippen molar-refractivity contribution in [2.75, 3.05) is 31.6 Å². The van der Waals surface area contributed by atoms with Gasteiger partial charge in [-0.05, 0) is 56.3 Å². The summed E-state index contributed by atoms with van der Waals surface area (Å²) in [6.07, 6.45) is 1.50. The van der Waals surface area contributed by atoms with Crippen molar-refractivity contribution in [1.29, 1.82) is 0 Å². The lowest BCUT2D eigenvalue weighted by Crippen LogP contribution is -2.37. The van der Waals surface area contributed by atoms with Crippen LogP contribution in [0.4, 0.5) is 10.1 Å². The quantitative estimate of drug-likeness (QED) is 0.550. The molecule has 174 valence electrons. The molecule has 33 heavy (non-hydrogen) atoms. The van der Waals surface area contributed by atoms with Gasteiger partial charge >= 0.3 is 0 Å². The molecule has 1 aliphatic rings. The van der Waals surface area contributed by atoms with E-state index in [1.54, 1.807) is 39.3 Å². The van der Waals surface area contributed by atoms with Gasteiger partial charge in [0.1, 0.15) is 16.8 Å². The third-order valence-corrected chi connectivity index (χ3v) is 7.22. The van der Waals surface area contributed by atoms with Crippen LogP contribution in [-0.2, 0) is 15.7 Å². The number of carbonyl (C=O) groups is 1. The molecule has 1 aromatic heterocycles. The Morgan fingerprint density at radius 3 is 2.55 bits per heavy atom. The van der Waals surface area contributed by atoms with Crippen LogP contribution in [0.3, 0.4) is 0 Å². The summed E-state index contributed by atoms with van der Waals surface area (Å²) in [6.45, 7) is 5.99. The zero-order chi connectivity index (χ0) is 23.5. The van der Waals surface area contributed by atoms with Gasteiger partial charge in [0.25, 0.3) is 5.91 Å². The van der Waals surface area contributed by atoms with Gasteiger partial charge in [-0.3, -0.25) is 9.48 Å². The maximum atomic E-state index is 13.5. The molecule has 1 saturated heterocycles. The number of hydrogen-bond acceptors (Lipinski definition) is 4. The summed E-state index contributed by atoms with van der Waals surface area (Å²) >= 11 is 6.31. The van der Waals surface area contributed by atoms with Gasteiger partial charge in [0.05, 0.1) is 40.6 Å². The summed E-state index contributed by atoms with van der Waals surface area (Å²) in [5.74, 6) is -0.742. The van der Waals surface area contributed by atoms with Crippen LogP contribution in [0.5, 0.6) is 0 Å². The van der Waals surface area contributed by atoms with Crippen LogP contribution in [0, 0.1) is 5.82 Å². The fourth-order valence-electron chi connectivity index (χ4n) is 3.58. The minimum Gasteiger partial charge on any atom is -0.379 e. The van der Waals surface area contributed by atoms with E-state index in [1.165, 1.54) is 18.3 Å². The fourth-order valence-corrected chi connectivity index (χ4v) is 5.12. The van der Waals surface area contributed by atoms with Crippen LogP contribution in [0.1, 0.15) is 30.2 Å². The van der Waals surface area contributed by atoms with Gasteiger partial charge in [-0.2, -0.15) is 5.10 Å². The first-order valence-corrected chi connectivity index (χ1v) is 12.0. The maximum absolute atomic E-state index is 13.5. The van der Waals surface area contributed by atoms with Crippen LogP contribution < -0.4 is 5.32 Å². The zero-order valence-electron chi connectivity index (χ0n) is 18.3. The molecule has 2 aromatic carbocycles. The highest BCUT2D eigenvalue weighted by atomic mass is 35.5. The molecule has 1 unspecified atom stereocenters. The first kappa shape index (κ1) is 23.6. The van der Waals surface area contributed by atoms with Gasteiger partial charge in [0, 0.05) is 30.4 Å². The highest BCUT2D eigenvalue weighted by Crippen LogP contribution is 2.29. The predicted molar refractivity (Wildman–Crippen MR) is 126 cm³/mol. The Labute approximate surface area is 199 Å². The second-order valence-corrected chi connectivity index (χ2v) is 9.70. The molecule has 1 amide bonds. The van der Waals surface area contributed by atoms with Crippen LogP contribution in [0.2, 0.25) is 5.02 Å². The number of halogens is 2. The Balaban J connectivity index is 1.63. The molecule has 1 N–H and O–H groups in total. The van der Waals surface area contributed by atoms with E-state index in [4.69, 9.17) is 16.3 Å². The van der Waals surface area contributed by atoms with Gasteiger partial charge < -0.3 is 10.1 Å². The first-order chi connectivity index (χ1) is 15.8. The third kappa shape index (κ3) is 5.16. The summed E-state index contributed by atoms with van der Waals surface area (Å²) in [4.78, 5) is 13.6. The number of carbonyl (C=O) groups excluding carboxylic acids is 1. The number of hydrogen-bond donors (Lipinski definition) is 1. The number of ether oxygens (including phenoxy) is 1. The van der Waals surface area contributed by atoms with Crippen molar-refractivity contribution in [2.45, 2.75) is 24.8 Å². The monoisotopic (exact) mass is 490 g/mol. The van der Waals surface area contributed by atoms with Crippen molar-refractivity contribution in [2.24, 2.45) is 0 Å². The number of nitrogens with one attached hydrogen (secondary N) is 1. The standard InChI is InChI=1S/C23H24ClFN4O3S/c1-15(2)29-22(16-3-5-17(25)6-4-16)19(14-26-29)23(30)27-18-7-8-20(24)21(13-18)33(31)28-9-11-32-12-10-28/h3-8,13-15H,9-12H2,1-2H3,(H,27,30). The summed E-state index contributed by atoms with van der Waals surface area (Å²) in [7, 11) is -1.47. The average molecular weight is 491 g/mol. The molecule has 4 rings (SSSR count). The molecule has 10 heteroatoms. The van der Waals surface area contributed by atoms with Gasteiger partial charge in [-0.1, -0.05) is 11.6 Å². The van der Waals surface area contributed by atoms with E-state index in [-0.39, 0.29) is 17.8 Å². The molecule has 3 aromatic rings. The summed E-state index contributed by atoms with van der Waals surface area (Å²) in [5, 5.41) is 7.59. The number of anilines is 1. The lowest BCUT2D eigenvalue weighted by molar-refractivity contribution is 0.0752. The van der Waals surface area contributed by atoms with Crippen LogP contribution in [-0.4, -0.2) is 50.5 Å². The van der Waals surface area contributed by atoms with Crippen molar-refractivity contribution in [1.82, 2.24) is 14.1 Å². The molecular weight excluding hydrogens is 467 g/mol. The third-order valence-electron chi connectivity index (χ3n) is 5.23. The SMILES string of the molecule is CC(C)n1ncc(C(=O)Nc2ccc(Cl)c(S(=O)N3CCOCC3)c2)c1-c1ccc(F)cc1. The second kappa shape index (κ2) is 10.1. The van der Waals surface area contributed by atoms with Crippen molar-refractivity contribution in [3.05, 3.63) is 65.1 Å². The highest BCUT2D eigenvalue weighted by molar-refractivity contribution is 7.82. The van der Waals surface area contributed by atoms with Crippen molar-refractivity contribution in [3.8, 4) is 11.3 Å². The topological polar surface area (TPSA) is 76.5 Å². The molecular formula is C23H24ClFN4O3S. The van der Waals surface area contributed by atoms with Gasteiger partial charge in [0.15, 0.2) is 0 Å². The van der Waals surface area contributed by atoms with Crippen LogP contribution in [0.25, 0.3) is 11.3 Å². The first-order valence-electron chi connectivity index (χ1n) is 10.5. The lowest BCUT2D eigenvalue weighted by atomic mass is 10.1. The van der Waals surface area contributed by atoms with E-state index >= 15 is 0 Å². The normalized spacial score (nSPS) is 15.5. The summed E-state index contributed by atoms with van der Waals surface area (Å²) in [6, 6.07) is 10.8. The highest BCUT2D eigenvalue weighted by Gasteiger charge is 2.23. The Hall–Kier alpha value is -2.59. The molecule has 0 saturated carbocycles. The van der Waals surface area contributed by atoms with Crippen molar-refractivity contribution in [3.63, 3.8) is 0 Å². The largest absolute Gasteiger partial charge is 0.379 e. The summed E-state index contributed by atoms with van der Waals surface area (Å²) < 4.78 is 35.3. The Morgan fingerprint density at radius 2 is 1.88 bits per heavy atom. The molecule has 1 aliphatic heterocycles. The van der Waals surface area contributed by atoms with Crippen molar-refractivity contribution < 1.29 is 18.1 Å². The number of nitrogens with zero attached hydrogens (tertiary/aromatic N) is 3. The number of morpholine rings is 1. The Kier molecular flexibility index (Phi) is 7.23. The van der Waals surface area contributed by atoms with E-state index in [0.717, 1.165) is 0 Å². The Morgan fingerprint density at radius 1 is 1.18 bits per heavy atom. The number of benzene rings is 2. The Bertz CT molecular complexity index is 1180. The predicted octanol–water partition coefficient (Wildman–Crippen LogP) is 4.53. The molecule has 1 atom stereocenters. The molecule has 0 bridgehead atoms. The lowest BCUT2D eigenvalue weighted by Gasteiger charge is -2.25. The van der Waals surface area contributed by atoms with Crippen molar-refractivity contribution >= 4 is 34.2 Å². The van der Waals surface area contributed by atoms with Gasteiger partial charge in [-0.25, -0.2) is 12.9 Å². The second-order valence-electron chi connectivity index (χ2n) is 7.84. The molecule has 2 heterocycles. The zero-order valence-corrected chi connectivity index (χ0v) is 19.8. The molecule has 0 aliphatic carbocycles. The van der Waals surface area contributed by atoms with E-state index < -0.39 is 11.0 Å². The minimum absolute atomic E-state index is 0.00955. The van der Waals surface area contributed by atoms with E-state index in [2.05, 4.69) is 10.4 Å². The number of aromatic nitrogens is 2. The fraction of sp³-hybridized carbons (Fsp3) is 0.304. The minimum atomic E-state index is -1.47. The molecule has 7 nitrogen and oxygen atoms in total. The van der Waals surface area contributed by atoms with E-state index in [9.17, 15) is 13.4 Å². The van der Waals surface area contributed by atoms with Gasteiger partial charge in [0.2, 0.25) is 0 Å². The number of rotatable bonds is 6. The molecule has 0 spiro atoms. The van der Waals surface area contributed by atoms with Crippen LogP contribution >= 0.6 is 11.6 Å². The van der Waals surface area contributed by atoms with Gasteiger partial charge in [-0.15, -0.1) is 0 Å². The number of amides is 1. The average Bonchev–Trinajstić information content (AvgIpc) is 3.27. The van der Waals surface area contributed by atoms with E-state index in [1.807, 2.05) is 13.8 Å². The maximum Gasteiger partial charge on any atom is 0.259 e. The molecule has 0 radical (unpaired) electrons. The smallest absolute Gasteiger partial charge is 0.259 e. The van der Waals surface area contributed by atoms with Crippen LogP contribution in [0.15, 0.2) is 53.6 Å².